The average molecular weight is 380 g/mol. The molecule has 0 bridgehead atoms. The van der Waals surface area contributed by atoms with E-state index in [2.05, 4.69) is 0 Å². The number of non-ortho nitro benzene ring substituents is 1. The number of nitro groups is 1. The van der Waals surface area contributed by atoms with Crippen LogP contribution in [0.5, 0.6) is 0 Å². The normalized spacial score (nSPS) is 10.2. The lowest BCUT2D eigenvalue weighted by molar-refractivity contribution is -0.384. The summed E-state index contributed by atoms with van der Waals surface area (Å²) in [5, 5.41) is 19.5. The molecule has 1 aromatic carbocycles. The Morgan fingerprint density at radius 1 is 1.58 bits per heavy atom. The van der Waals surface area contributed by atoms with Gasteiger partial charge in [0, 0.05) is 29.4 Å². The molecule has 1 aromatic rings. The molecule has 0 radical (unpaired) electrons. The van der Waals surface area contributed by atoms with E-state index in [1.54, 1.807) is 11.0 Å². The van der Waals surface area contributed by atoms with Crippen molar-refractivity contribution < 1.29 is 19.6 Å². The summed E-state index contributed by atoms with van der Waals surface area (Å²) in [6, 6.07) is 4.33. The largest absolute Gasteiger partial charge is 0.480 e. The topological polar surface area (TPSA) is 92.9 Å². The molecule has 0 aromatic heterocycles. The molecule has 0 unspecified atom stereocenters. The standard InChI is InChI=1S/C11H13IN2O5/c1-19-5-4-13(7-11(15)16)10-3-2-8(14(17)18)6-9(10)12/h2-3,6H,4-5,7H2,1H3,(H,15,16). The van der Waals surface area contributed by atoms with Gasteiger partial charge in [-0.1, -0.05) is 0 Å². The van der Waals surface area contributed by atoms with Crippen LogP contribution in [0.2, 0.25) is 0 Å². The molecule has 0 amide bonds. The Bertz CT molecular complexity index is 480. The van der Waals surface area contributed by atoms with E-state index in [1.165, 1.54) is 19.2 Å². The maximum absolute atomic E-state index is 10.8. The van der Waals surface area contributed by atoms with Gasteiger partial charge in [0.1, 0.15) is 6.54 Å². The molecule has 0 saturated heterocycles. The Hall–Kier alpha value is -1.42. The highest BCUT2D eigenvalue weighted by molar-refractivity contribution is 14.1. The molecular formula is C11H13IN2O5. The molecule has 7 nitrogen and oxygen atoms in total. The van der Waals surface area contributed by atoms with E-state index in [0.29, 0.717) is 22.4 Å². The highest BCUT2D eigenvalue weighted by Crippen LogP contribution is 2.26. The van der Waals surface area contributed by atoms with Crippen LogP contribution in [0.3, 0.4) is 0 Å². The molecular weight excluding hydrogens is 367 g/mol. The third-order valence-electron chi connectivity index (χ3n) is 2.37. The molecule has 0 aliphatic carbocycles. The van der Waals surface area contributed by atoms with Crippen LogP contribution in [0.25, 0.3) is 0 Å². The fraction of sp³-hybridized carbons (Fsp3) is 0.364. The number of hydrogen-bond donors (Lipinski definition) is 1. The number of carboxylic acid groups (broad SMARTS) is 1. The number of carboxylic acids is 1. The number of aliphatic carboxylic acids is 1. The third-order valence-corrected chi connectivity index (χ3v) is 3.24. The molecule has 0 fully saturated rings. The van der Waals surface area contributed by atoms with Crippen molar-refractivity contribution in [3.63, 3.8) is 0 Å². The Morgan fingerprint density at radius 3 is 2.74 bits per heavy atom. The van der Waals surface area contributed by atoms with Crippen molar-refractivity contribution in [2.75, 3.05) is 31.7 Å². The Labute approximate surface area is 123 Å². The zero-order valence-corrected chi connectivity index (χ0v) is 12.4. The summed E-state index contributed by atoms with van der Waals surface area (Å²) in [5.74, 6) is -0.967. The van der Waals surface area contributed by atoms with E-state index in [-0.39, 0.29) is 12.2 Å². The van der Waals surface area contributed by atoms with E-state index in [4.69, 9.17) is 9.84 Å². The number of halogens is 1. The summed E-state index contributed by atoms with van der Waals surface area (Å²) in [6.45, 7) is 0.591. The number of ether oxygens (including phenoxy) is 1. The van der Waals surface area contributed by atoms with E-state index in [0.717, 1.165) is 0 Å². The van der Waals surface area contributed by atoms with Crippen molar-refractivity contribution in [3.05, 3.63) is 31.9 Å². The number of benzene rings is 1. The number of hydrogen-bond acceptors (Lipinski definition) is 5. The average Bonchev–Trinajstić information content (AvgIpc) is 2.34. The van der Waals surface area contributed by atoms with Crippen molar-refractivity contribution in [1.29, 1.82) is 0 Å². The van der Waals surface area contributed by atoms with Gasteiger partial charge in [-0.05, 0) is 28.7 Å². The van der Waals surface area contributed by atoms with Crippen molar-refractivity contribution in [3.8, 4) is 0 Å². The third kappa shape index (κ3) is 4.63. The maximum atomic E-state index is 10.8. The first-order valence-electron chi connectivity index (χ1n) is 5.35. The fourth-order valence-corrected chi connectivity index (χ4v) is 2.36. The SMILES string of the molecule is COCCN(CC(=O)O)c1ccc([N+](=O)[O-])cc1I. The molecule has 0 aliphatic heterocycles. The molecule has 0 heterocycles. The van der Waals surface area contributed by atoms with Crippen molar-refractivity contribution in [2.24, 2.45) is 0 Å². The van der Waals surface area contributed by atoms with E-state index < -0.39 is 10.9 Å². The molecule has 1 rings (SSSR count). The van der Waals surface area contributed by atoms with Crippen LogP contribution in [0.15, 0.2) is 18.2 Å². The molecule has 0 spiro atoms. The number of carbonyl (C=O) groups is 1. The van der Waals surface area contributed by atoms with Crippen LogP contribution in [-0.4, -0.2) is 42.8 Å². The van der Waals surface area contributed by atoms with Gasteiger partial charge in [-0.15, -0.1) is 0 Å². The number of nitrogens with zero attached hydrogens (tertiary/aromatic N) is 2. The molecule has 104 valence electrons. The van der Waals surface area contributed by atoms with E-state index >= 15 is 0 Å². The molecule has 8 heteroatoms. The Morgan fingerprint density at radius 2 is 2.26 bits per heavy atom. The van der Waals surface area contributed by atoms with Gasteiger partial charge in [-0.2, -0.15) is 0 Å². The van der Waals surface area contributed by atoms with Gasteiger partial charge in [0.25, 0.3) is 5.69 Å². The minimum atomic E-state index is -0.967. The Balaban J connectivity index is 3.00. The first-order chi connectivity index (χ1) is 8.95. The summed E-state index contributed by atoms with van der Waals surface area (Å²) >= 11 is 1.95. The first-order valence-corrected chi connectivity index (χ1v) is 6.43. The first kappa shape index (κ1) is 15.6. The number of rotatable bonds is 7. The van der Waals surface area contributed by atoms with Gasteiger partial charge >= 0.3 is 5.97 Å². The molecule has 19 heavy (non-hydrogen) atoms. The zero-order valence-electron chi connectivity index (χ0n) is 10.2. The molecule has 0 aliphatic rings. The van der Waals surface area contributed by atoms with Gasteiger partial charge in [0.15, 0.2) is 0 Å². The van der Waals surface area contributed by atoms with Gasteiger partial charge in [0.05, 0.1) is 17.2 Å². The van der Waals surface area contributed by atoms with Crippen LogP contribution < -0.4 is 4.90 Å². The monoisotopic (exact) mass is 380 g/mol. The number of anilines is 1. The minimum absolute atomic E-state index is 0.0184. The van der Waals surface area contributed by atoms with Crippen LogP contribution >= 0.6 is 22.6 Å². The summed E-state index contributed by atoms with van der Waals surface area (Å²) in [6.07, 6.45) is 0. The summed E-state index contributed by atoms with van der Waals surface area (Å²) in [5.41, 5.74) is 0.626. The quantitative estimate of drug-likeness (QED) is 0.440. The zero-order chi connectivity index (χ0) is 14.4. The predicted molar refractivity (Wildman–Crippen MR) is 77.5 cm³/mol. The molecule has 1 N–H and O–H groups in total. The summed E-state index contributed by atoms with van der Waals surface area (Å²) in [4.78, 5) is 22.6. The molecule has 0 atom stereocenters. The second-order valence-corrected chi connectivity index (χ2v) is 4.86. The van der Waals surface area contributed by atoms with E-state index in [1.807, 2.05) is 22.6 Å². The van der Waals surface area contributed by atoms with Crippen LogP contribution in [-0.2, 0) is 9.53 Å². The van der Waals surface area contributed by atoms with Gasteiger partial charge in [-0.25, -0.2) is 0 Å². The lowest BCUT2D eigenvalue weighted by atomic mass is 10.2. The van der Waals surface area contributed by atoms with Gasteiger partial charge in [-0.3, -0.25) is 14.9 Å². The smallest absolute Gasteiger partial charge is 0.323 e. The van der Waals surface area contributed by atoms with Crippen LogP contribution in [0.1, 0.15) is 0 Å². The molecule has 0 saturated carbocycles. The number of nitro benzene ring substituents is 1. The summed E-state index contributed by atoms with van der Waals surface area (Å²) in [7, 11) is 1.53. The van der Waals surface area contributed by atoms with Crippen molar-refractivity contribution >= 4 is 39.9 Å². The summed E-state index contributed by atoms with van der Waals surface area (Å²) < 4.78 is 5.56. The second-order valence-electron chi connectivity index (χ2n) is 3.70. The van der Waals surface area contributed by atoms with Crippen molar-refractivity contribution in [1.82, 2.24) is 0 Å². The predicted octanol–water partition coefficient (Wildman–Crippen LogP) is 1.74. The minimum Gasteiger partial charge on any atom is -0.480 e. The van der Waals surface area contributed by atoms with Crippen molar-refractivity contribution in [2.45, 2.75) is 0 Å². The Kier molecular flexibility index (Phi) is 5.96. The highest BCUT2D eigenvalue weighted by atomic mass is 127. The highest BCUT2D eigenvalue weighted by Gasteiger charge is 2.16. The maximum Gasteiger partial charge on any atom is 0.323 e. The second kappa shape index (κ2) is 7.24. The lowest BCUT2D eigenvalue weighted by Crippen LogP contribution is -2.33. The van der Waals surface area contributed by atoms with Gasteiger partial charge in [0.2, 0.25) is 0 Å². The van der Waals surface area contributed by atoms with Gasteiger partial charge < -0.3 is 14.7 Å². The van der Waals surface area contributed by atoms with E-state index in [9.17, 15) is 14.9 Å². The van der Waals surface area contributed by atoms with Crippen LogP contribution in [0, 0.1) is 13.7 Å². The van der Waals surface area contributed by atoms with Crippen LogP contribution in [0.4, 0.5) is 11.4 Å². The lowest BCUT2D eigenvalue weighted by Gasteiger charge is -2.23. The number of methoxy groups -OCH3 is 1. The fourth-order valence-electron chi connectivity index (χ4n) is 1.52.